The standard InChI is InChI=1S/C16H17N5O3S.Na/c1-10-19-12-6-11-13(20(2)15-8-17-9-18-16(11)15)7-14(12)21(10)4-3-5-25(22,23)24;/h6-9H,3-5H2,1-2H3,(H,22,23,24);/q;+1/p-1. The van der Waals surface area contributed by atoms with Crippen molar-refractivity contribution in [3.63, 3.8) is 0 Å². The second kappa shape index (κ2) is 6.90. The molecule has 130 valence electrons. The third-order valence-corrected chi connectivity index (χ3v) is 5.29. The molecular weight excluding hydrogens is 365 g/mol. The van der Waals surface area contributed by atoms with E-state index in [4.69, 9.17) is 0 Å². The summed E-state index contributed by atoms with van der Waals surface area (Å²) >= 11 is 0. The van der Waals surface area contributed by atoms with E-state index < -0.39 is 10.1 Å². The normalized spacial score (nSPS) is 12.1. The first-order valence-electron chi connectivity index (χ1n) is 7.84. The predicted molar refractivity (Wildman–Crippen MR) is 93.2 cm³/mol. The molecule has 0 spiro atoms. The number of hydrogen-bond donors (Lipinski definition) is 0. The van der Waals surface area contributed by atoms with E-state index in [-0.39, 0.29) is 41.7 Å². The molecule has 0 amide bonds. The Balaban J connectivity index is 0.00000196. The van der Waals surface area contributed by atoms with Gasteiger partial charge in [-0.15, -0.1) is 0 Å². The number of benzene rings is 1. The molecule has 0 aliphatic heterocycles. The number of nitrogens with zero attached hydrogens (tertiary/aromatic N) is 5. The van der Waals surface area contributed by atoms with Gasteiger partial charge in [-0.05, 0) is 25.5 Å². The van der Waals surface area contributed by atoms with Crippen molar-refractivity contribution in [2.45, 2.75) is 19.9 Å². The Morgan fingerprint density at radius 2 is 1.96 bits per heavy atom. The van der Waals surface area contributed by atoms with E-state index in [9.17, 15) is 13.0 Å². The Kier molecular flexibility index (Phi) is 5.11. The molecule has 0 bridgehead atoms. The Hall–Kier alpha value is -1.52. The molecule has 0 atom stereocenters. The summed E-state index contributed by atoms with van der Waals surface area (Å²) in [6, 6.07) is 4.02. The number of rotatable bonds is 4. The van der Waals surface area contributed by atoms with Crippen LogP contribution in [0.1, 0.15) is 12.2 Å². The third kappa shape index (κ3) is 3.25. The molecule has 26 heavy (non-hydrogen) atoms. The summed E-state index contributed by atoms with van der Waals surface area (Å²) in [4.78, 5) is 13.0. The molecule has 0 aliphatic rings. The van der Waals surface area contributed by atoms with Crippen LogP contribution in [0.25, 0.3) is 33.0 Å². The van der Waals surface area contributed by atoms with Crippen molar-refractivity contribution in [3.05, 3.63) is 30.5 Å². The average Bonchev–Trinajstić information content (AvgIpc) is 3.00. The summed E-state index contributed by atoms with van der Waals surface area (Å²) < 4.78 is 36.5. The zero-order valence-corrected chi connectivity index (χ0v) is 17.6. The van der Waals surface area contributed by atoms with Gasteiger partial charge in [-0.3, -0.25) is 0 Å². The van der Waals surface area contributed by atoms with Crippen molar-refractivity contribution in [2.24, 2.45) is 7.05 Å². The first-order valence-corrected chi connectivity index (χ1v) is 9.41. The van der Waals surface area contributed by atoms with Crippen LogP contribution in [-0.4, -0.2) is 42.8 Å². The molecule has 0 radical (unpaired) electrons. The molecule has 0 unspecified atom stereocenters. The smallest absolute Gasteiger partial charge is 0.748 e. The predicted octanol–water partition coefficient (Wildman–Crippen LogP) is -1.28. The summed E-state index contributed by atoms with van der Waals surface area (Å²) in [6.45, 7) is 2.30. The molecule has 4 rings (SSSR count). The van der Waals surface area contributed by atoms with Crippen molar-refractivity contribution < 1.29 is 42.5 Å². The molecule has 10 heteroatoms. The van der Waals surface area contributed by atoms with Crippen molar-refractivity contribution in [1.29, 1.82) is 0 Å². The summed E-state index contributed by atoms with van der Waals surface area (Å²) in [7, 11) is -2.25. The van der Waals surface area contributed by atoms with Gasteiger partial charge in [-0.1, -0.05) is 0 Å². The largest absolute Gasteiger partial charge is 1.00 e. The fourth-order valence-corrected chi connectivity index (χ4v) is 3.82. The molecule has 3 aromatic heterocycles. The van der Waals surface area contributed by atoms with E-state index in [0.717, 1.165) is 38.8 Å². The van der Waals surface area contributed by atoms with Crippen LogP contribution < -0.4 is 29.6 Å². The molecule has 0 saturated heterocycles. The van der Waals surface area contributed by atoms with Crippen LogP contribution in [0, 0.1) is 6.92 Å². The maximum Gasteiger partial charge on any atom is 1.00 e. The summed E-state index contributed by atoms with van der Waals surface area (Å²) in [5.74, 6) is 0.408. The Bertz CT molecular complexity index is 1230. The number of aromatic nitrogens is 5. The number of imidazole rings is 1. The minimum atomic E-state index is -4.21. The number of aryl methyl sites for hydroxylation is 3. The quantitative estimate of drug-likeness (QED) is 0.322. The van der Waals surface area contributed by atoms with Crippen LogP contribution in [0.4, 0.5) is 0 Å². The molecule has 0 saturated carbocycles. The first kappa shape index (κ1) is 19.2. The maximum absolute atomic E-state index is 10.8. The Morgan fingerprint density at radius 3 is 2.69 bits per heavy atom. The Labute approximate surface area is 172 Å². The maximum atomic E-state index is 10.8. The van der Waals surface area contributed by atoms with E-state index in [2.05, 4.69) is 15.0 Å². The van der Waals surface area contributed by atoms with Gasteiger partial charge in [0, 0.05) is 24.7 Å². The summed E-state index contributed by atoms with van der Waals surface area (Å²) in [5, 5.41) is 0.999. The molecule has 0 aliphatic carbocycles. The van der Waals surface area contributed by atoms with E-state index in [1.807, 2.05) is 35.2 Å². The molecule has 4 aromatic rings. The molecule has 8 nitrogen and oxygen atoms in total. The average molecular weight is 381 g/mol. The van der Waals surface area contributed by atoms with Gasteiger partial charge in [0.1, 0.15) is 12.2 Å². The monoisotopic (exact) mass is 381 g/mol. The fourth-order valence-electron chi connectivity index (χ4n) is 3.33. The van der Waals surface area contributed by atoms with Crippen LogP contribution >= 0.6 is 0 Å². The minimum Gasteiger partial charge on any atom is -0.748 e. The van der Waals surface area contributed by atoms with Crippen LogP contribution in [0.3, 0.4) is 0 Å². The van der Waals surface area contributed by atoms with Gasteiger partial charge in [-0.25, -0.2) is 23.4 Å². The molecule has 0 fully saturated rings. The topological polar surface area (TPSA) is 106 Å². The summed E-state index contributed by atoms with van der Waals surface area (Å²) in [6.07, 6.45) is 3.56. The molecule has 0 N–H and O–H groups in total. The van der Waals surface area contributed by atoms with Gasteiger partial charge in [-0.2, -0.15) is 0 Å². The van der Waals surface area contributed by atoms with E-state index >= 15 is 0 Å². The van der Waals surface area contributed by atoms with Crippen molar-refractivity contribution in [2.75, 3.05) is 5.75 Å². The van der Waals surface area contributed by atoms with Gasteiger partial charge >= 0.3 is 29.6 Å². The number of hydrogen-bond acceptors (Lipinski definition) is 6. The van der Waals surface area contributed by atoms with Gasteiger partial charge in [0.2, 0.25) is 0 Å². The van der Waals surface area contributed by atoms with Crippen LogP contribution in [-0.2, 0) is 23.7 Å². The Morgan fingerprint density at radius 1 is 1.19 bits per heavy atom. The third-order valence-electron chi connectivity index (χ3n) is 4.50. The fraction of sp³-hybridized carbons (Fsp3) is 0.312. The van der Waals surface area contributed by atoms with E-state index in [1.54, 1.807) is 6.20 Å². The van der Waals surface area contributed by atoms with Gasteiger partial charge in [0.25, 0.3) is 0 Å². The van der Waals surface area contributed by atoms with Crippen LogP contribution in [0.2, 0.25) is 0 Å². The van der Waals surface area contributed by atoms with Crippen LogP contribution in [0.5, 0.6) is 0 Å². The van der Waals surface area contributed by atoms with Crippen molar-refractivity contribution in [3.8, 4) is 0 Å². The second-order valence-corrected chi connectivity index (χ2v) is 7.62. The van der Waals surface area contributed by atoms with Crippen molar-refractivity contribution >= 4 is 43.1 Å². The van der Waals surface area contributed by atoms with Gasteiger partial charge in [0.05, 0.1) is 43.9 Å². The zero-order chi connectivity index (χ0) is 17.8. The molecule has 3 heterocycles. The SMILES string of the molecule is Cc1nc2cc3c4ncncc4n(C)c3cc2n1CCCS(=O)(=O)[O-].[Na+]. The van der Waals surface area contributed by atoms with E-state index in [1.165, 1.54) is 6.33 Å². The summed E-state index contributed by atoms with van der Waals surface area (Å²) in [5.41, 5.74) is 4.54. The first-order chi connectivity index (χ1) is 11.8. The minimum absolute atomic E-state index is 0. The van der Waals surface area contributed by atoms with Gasteiger partial charge < -0.3 is 13.7 Å². The second-order valence-electron chi connectivity index (χ2n) is 6.10. The van der Waals surface area contributed by atoms with Crippen molar-refractivity contribution in [1.82, 2.24) is 24.1 Å². The van der Waals surface area contributed by atoms with Gasteiger partial charge in [0.15, 0.2) is 0 Å². The van der Waals surface area contributed by atoms with E-state index in [0.29, 0.717) is 6.54 Å². The zero-order valence-electron chi connectivity index (χ0n) is 14.8. The number of fused-ring (bicyclic) bond motifs is 4. The molecule has 1 aromatic carbocycles. The molecular formula is C16H16N5NaO3S. The van der Waals surface area contributed by atoms with Crippen LogP contribution in [0.15, 0.2) is 24.7 Å².